The molecule has 0 spiro atoms. The molecule has 0 aromatic heterocycles. The minimum atomic E-state index is -0.621. The lowest BCUT2D eigenvalue weighted by Crippen LogP contribution is -2.14. The fraction of sp³-hybridized carbons (Fsp3) is 0.0741. The van der Waals surface area contributed by atoms with Gasteiger partial charge in [0.1, 0.15) is 23.1 Å². The first kappa shape index (κ1) is 22.2. The summed E-state index contributed by atoms with van der Waals surface area (Å²) in [6.45, 7) is 1.96. The monoisotopic (exact) mass is 445 g/mol. The molecule has 2 N–H and O–H groups in total. The van der Waals surface area contributed by atoms with Crippen molar-refractivity contribution in [2.45, 2.75) is 13.3 Å². The first-order valence-electron chi connectivity index (χ1n) is 10.3. The van der Waals surface area contributed by atoms with Gasteiger partial charge in [-0.05, 0) is 101 Å². The van der Waals surface area contributed by atoms with Gasteiger partial charge in [0, 0.05) is 6.08 Å². The Balaban J connectivity index is 1.61. The van der Waals surface area contributed by atoms with E-state index in [0.29, 0.717) is 17.9 Å². The molecule has 0 saturated heterocycles. The quantitative estimate of drug-likeness (QED) is 0.257. The van der Waals surface area contributed by atoms with Crippen LogP contribution in [0.2, 0.25) is 0 Å². The molecule has 1 aliphatic carbocycles. The predicted octanol–water partition coefficient (Wildman–Crippen LogP) is 6.54. The van der Waals surface area contributed by atoms with Crippen LogP contribution in [0.25, 0.3) is 17.2 Å². The van der Waals surface area contributed by atoms with E-state index in [-0.39, 0.29) is 11.6 Å². The zero-order chi connectivity index (χ0) is 23.4. The van der Waals surface area contributed by atoms with Crippen molar-refractivity contribution in [3.05, 3.63) is 113 Å². The summed E-state index contributed by atoms with van der Waals surface area (Å²) in [6, 6.07) is 18.0. The maximum absolute atomic E-state index is 14.0. The number of nitrogens with one attached hydrogen (secondary N) is 1. The second-order valence-electron chi connectivity index (χ2n) is 7.56. The maximum atomic E-state index is 14.0. The van der Waals surface area contributed by atoms with Gasteiger partial charge < -0.3 is 4.74 Å². The van der Waals surface area contributed by atoms with Crippen LogP contribution in [0.4, 0.5) is 8.78 Å². The molecule has 0 unspecified atom stereocenters. The summed E-state index contributed by atoms with van der Waals surface area (Å²) in [5, 5.41) is 8.65. The van der Waals surface area contributed by atoms with E-state index in [1.54, 1.807) is 29.8 Å². The fourth-order valence-corrected chi connectivity index (χ4v) is 3.78. The van der Waals surface area contributed by atoms with E-state index in [9.17, 15) is 13.6 Å². The molecule has 0 heterocycles. The van der Waals surface area contributed by atoms with Gasteiger partial charge in [-0.2, -0.15) is 0 Å². The molecular formula is C27H21F2NO3. The fourth-order valence-electron chi connectivity index (χ4n) is 3.78. The molecule has 4 nitrogen and oxygen atoms in total. The Morgan fingerprint density at radius 1 is 0.939 bits per heavy atom. The first-order valence-corrected chi connectivity index (χ1v) is 10.3. The van der Waals surface area contributed by atoms with Crippen LogP contribution < -0.4 is 10.2 Å². The van der Waals surface area contributed by atoms with E-state index in [4.69, 9.17) is 9.94 Å². The summed E-state index contributed by atoms with van der Waals surface area (Å²) in [4.78, 5) is 11.3. The summed E-state index contributed by atoms with van der Waals surface area (Å²) in [5.41, 5.74) is 7.04. The number of fused-ring (bicyclic) bond motifs is 1. The van der Waals surface area contributed by atoms with E-state index in [0.717, 1.165) is 33.4 Å². The number of hydroxylamine groups is 1. The van der Waals surface area contributed by atoms with E-state index in [2.05, 4.69) is 0 Å². The van der Waals surface area contributed by atoms with Crippen molar-refractivity contribution in [1.82, 2.24) is 5.48 Å². The van der Waals surface area contributed by atoms with E-state index >= 15 is 0 Å². The van der Waals surface area contributed by atoms with Crippen LogP contribution in [0, 0.1) is 11.6 Å². The molecule has 1 amide bonds. The minimum absolute atomic E-state index is 0.323. The number of benzene rings is 3. The molecule has 0 atom stereocenters. The van der Waals surface area contributed by atoms with Gasteiger partial charge in [0.2, 0.25) is 0 Å². The summed E-state index contributed by atoms with van der Waals surface area (Å²) in [6.07, 6.45) is 5.30. The maximum Gasteiger partial charge on any atom is 0.267 e. The Morgan fingerprint density at radius 3 is 2.24 bits per heavy atom. The Hall–Kier alpha value is -4.03. The minimum Gasteiger partial charge on any atom is -0.457 e. The van der Waals surface area contributed by atoms with Crippen LogP contribution in [0.15, 0.2) is 84.5 Å². The molecule has 3 aromatic carbocycles. The zero-order valence-electron chi connectivity index (χ0n) is 17.8. The Kier molecular flexibility index (Phi) is 6.47. The van der Waals surface area contributed by atoms with Crippen molar-refractivity contribution >= 4 is 23.1 Å². The predicted molar refractivity (Wildman–Crippen MR) is 123 cm³/mol. The van der Waals surface area contributed by atoms with Gasteiger partial charge in [0.15, 0.2) is 0 Å². The summed E-state index contributed by atoms with van der Waals surface area (Å²) in [7, 11) is 0. The average Bonchev–Trinajstić information content (AvgIpc) is 3.06. The van der Waals surface area contributed by atoms with Crippen molar-refractivity contribution in [3.8, 4) is 11.5 Å². The molecule has 0 aliphatic heterocycles. The van der Waals surface area contributed by atoms with Gasteiger partial charge in [0.05, 0.1) is 0 Å². The van der Waals surface area contributed by atoms with Crippen molar-refractivity contribution in [2.24, 2.45) is 0 Å². The normalized spacial score (nSPS) is 14.1. The largest absolute Gasteiger partial charge is 0.457 e. The van der Waals surface area contributed by atoms with E-state index in [1.807, 2.05) is 37.3 Å². The highest BCUT2D eigenvalue weighted by Crippen LogP contribution is 2.44. The topological polar surface area (TPSA) is 58.6 Å². The van der Waals surface area contributed by atoms with Crippen LogP contribution >= 0.6 is 0 Å². The number of allylic oxidation sites excluding steroid dienone is 4. The third kappa shape index (κ3) is 5.07. The summed E-state index contributed by atoms with van der Waals surface area (Å²) >= 11 is 0. The van der Waals surface area contributed by atoms with Crippen molar-refractivity contribution in [2.75, 3.05) is 0 Å². The van der Waals surface area contributed by atoms with Gasteiger partial charge in [-0.1, -0.05) is 24.3 Å². The number of rotatable bonds is 6. The second kappa shape index (κ2) is 9.63. The molecule has 0 bridgehead atoms. The molecule has 6 heteroatoms. The van der Waals surface area contributed by atoms with Gasteiger partial charge >= 0.3 is 0 Å². The third-order valence-corrected chi connectivity index (χ3v) is 5.40. The molecule has 0 fully saturated rings. The number of carbonyl (C=O) groups is 1. The van der Waals surface area contributed by atoms with Gasteiger partial charge in [-0.3, -0.25) is 10.0 Å². The number of hydrogen-bond acceptors (Lipinski definition) is 3. The second-order valence-corrected chi connectivity index (χ2v) is 7.56. The molecule has 3 aromatic rings. The first-order chi connectivity index (χ1) is 15.9. The molecule has 0 saturated carbocycles. The molecule has 0 radical (unpaired) electrons. The lowest BCUT2D eigenvalue weighted by molar-refractivity contribution is -0.124. The lowest BCUT2D eigenvalue weighted by Gasteiger charge is -2.07. The molecule has 4 rings (SSSR count). The third-order valence-electron chi connectivity index (χ3n) is 5.40. The number of ether oxygens (including phenoxy) is 1. The Bertz CT molecular complexity index is 1270. The van der Waals surface area contributed by atoms with E-state index in [1.165, 1.54) is 30.3 Å². The standard InChI is InChI=1S/C27H21F2NO3/c1-17-23(3-2-4-27(31)30-32)26-16-20(29)9-14-24(26)25(17)15-18-5-10-21(11-6-18)33-22-12-7-19(28)8-13-22/h2,4-16,32H,3H2,1H3,(H,30,31)/b4-2+,25-15-. The highest BCUT2D eigenvalue weighted by Gasteiger charge is 2.23. The van der Waals surface area contributed by atoms with Gasteiger partial charge in [-0.15, -0.1) is 0 Å². The average molecular weight is 445 g/mol. The van der Waals surface area contributed by atoms with Crippen LogP contribution in [-0.2, 0) is 4.79 Å². The highest BCUT2D eigenvalue weighted by atomic mass is 19.1. The van der Waals surface area contributed by atoms with Crippen LogP contribution in [-0.4, -0.2) is 11.1 Å². The molecule has 1 aliphatic rings. The highest BCUT2D eigenvalue weighted by molar-refractivity contribution is 6.05. The van der Waals surface area contributed by atoms with Crippen LogP contribution in [0.3, 0.4) is 0 Å². The van der Waals surface area contributed by atoms with Crippen molar-refractivity contribution < 1.29 is 23.5 Å². The Labute approximate surface area is 190 Å². The zero-order valence-corrected chi connectivity index (χ0v) is 17.8. The summed E-state index contributed by atoms with van der Waals surface area (Å²) < 4.78 is 32.8. The van der Waals surface area contributed by atoms with Gasteiger partial charge in [-0.25, -0.2) is 14.3 Å². The lowest BCUT2D eigenvalue weighted by atomic mass is 10.0. The SMILES string of the molecule is CC1=C(C/C=C/C(=O)NO)c2cc(F)ccc2/C1=C\c1ccc(Oc2ccc(F)cc2)cc1. The van der Waals surface area contributed by atoms with Crippen LogP contribution in [0.1, 0.15) is 30.0 Å². The number of halogens is 2. The summed E-state index contributed by atoms with van der Waals surface area (Å²) in [5.74, 6) is -0.112. The molecule has 33 heavy (non-hydrogen) atoms. The van der Waals surface area contributed by atoms with Crippen molar-refractivity contribution in [1.29, 1.82) is 0 Å². The van der Waals surface area contributed by atoms with Crippen LogP contribution in [0.5, 0.6) is 11.5 Å². The Morgan fingerprint density at radius 2 is 1.58 bits per heavy atom. The number of carbonyl (C=O) groups excluding carboxylic acids is 1. The van der Waals surface area contributed by atoms with Crippen molar-refractivity contribution in [3.63, 3.8) is 0 Å². The van der Waals surface area contributed by atoms with E-state index < -0.39 is 5.91 Å². The molecule has 166 valence electrons. The van der Waals surface area contributed by atoms with Gasteiger partial charge in [0.25, 0.3) is 5.91 Å². The number of hydrogen-bond donors (Lipinski definition) is 2. The smallest absolute Gasteiger partial charge is 0.267 e. The number of amides is 1. The molecular weight excluding hydrogens is 424 g/mol.